The first-order valence-corrected chi connectivity index (χ1v) is 6.72. The van der Waals surface area contributed by atoms with Crippen molar-refractivity contribution in [3.63, 3.8) is 0 Å². The van der Waals surface area contributed by atoms with Crippen molar-refractivity contribution in [2.24, 2.45) is 5.41 Å². The molecule has 1 aliphatic rings. The molecule has 1 saturated heterocycles. The van der Waals surface area contributed by atoms with E-state index in [0.717, 1.165) is 12.1 Å². The van der Waals surface area contributed by atoms with Crippen molar-refractivity contribution in [3.8, 4) is 6.07 Å². The van der Waals surface area contributed by atoms with Crippen molar-refractivity contribution in [2.45, 2.75) is 40.2 Å². The molecule has 1 heterocycles. The van der Waals surface area contributed by atoms with Crippen molar-refractivity contribution in [2.75, 3.05) is 13.1 Å². The summed E-state index contributed by atoms with van der Waals surface area (Å²) in [6, 6.07) is 8.22. The molecule has 1 aromatic carbocycles. The first-order valence-electron chi connectivity index (χ1n) is 6.72. The first-order chi connectivity index (χ1) is 8.50. The molecule has 0 unspecified atom stereocenters. The normalized spacial score (nSPS) is 19.4. The van der Waals surface area contributed by atoms with Gasteiger partial charge in [-0.15, -0.1) is 0 Å². The van der Waals surface area contributed by atoms with Crippen LogP contribution in [0, 0.1) is 23.7 Å². The van der Waals surface area contributed by atoms with Crippen LogP contribution < -0.4 is 0 Å². The highest BCUT2D eigenvalue weighted by atomic mass is 15.1. The second-order valence-electron chi connectivity index (χ2n) is 6.23. The van der Waals surface area contributed by atoms with Crippen LogP contribution in [0.1, 0.15) is 43.4 Å². The molecule has 2 heteroatoms. The van der Waals surface area contributed by atoms with Crippen LogP contribution in [0.4, 0.5) is 0 Å². The van der Waals surface area contributed by atoms with Crippen molar-refractivity contribution >= 4 is 0 Å². The molecule has 0 bridgehead atoms. The fraction of sp³-hybridized carbons (Fsp3) is 0.562. The minimum absolute atomic E-state index is 0.443. The lowest BCUT2D eigenvalue weighted by molar-refractivity contribution is 0.111. The Labute approximate surface area is 110 Å². The zero-order chi connectivity index (χ0) is 13.2. The van der Waals surface area contributed by atoms with Crippen LogP contribution in [0.2, 0.25) is 0 Å². The zero-order valence-corrected chi connectivity index (χ0v) is 11.7. The summed E-state index contributed by atoms with van der Waals surface area (Å²) >= 11 is 0. The number of piperidine rings is 1. The van der Waals surface area contributed by atoms with Gasteiger partial charge in [0.05, 0.1) is 11.6 Å². The van der Waals surface area contributed by atoms with Gasteiger partial charge in [-0.2, -0.15) is 5.26 Å². The van der Waals surface area contributed by atoms with E-state index in [9.17, 15) is 0 Å². The number of hydrogen-bond acceptors (Lipinski definition) is 2. The molecular weight excluding hydrogens is 220 g/mol. The standard InChI is InChI=1S/C16H22N2/c1-13-9-14(10-17)5-6-15(13)11-18-8-4-7-16(2,3)12-18/h5-6,9H,4,7-8,11-12H2,1-3H3. The summed E-state index contributed by atoms with van der Waals surface area (Å²) in [5.74, 6) is 0. The van der Waals surface area contributed by atoms with Crippen molar-refractivity contribution in [3.05, 3.63) is 34.9 Å². The number of benzene rings is 1. The van der Waals surface area contributed by atoms with E-state index in [4.69, 9.17) is 5.26 Å². The van der Waals surface area contributed by atoms with Crippen LogP contribution in [0.3, 0.4) is 0 Å². The Morgan fingerprint density at radius 3 is 2.78 bits per heavy atom. The SMILES string of the molecule is Cc1cc(C#N)ccc1CN1CCCC(C)(C)C1. The summed E-state index contributed by atoms with van der Waals surface area (Å²) in [7, 11) is 0. The van der Waals surface area contributed by atoms with E-state index < -0.39 is 0 Å². The number of hydrogen-bond donors (Lipinski definition) is 0. The maximum absolute atomic E-state index is 8.88. The minimum atomic E-state index is 0.443. The predicted octanol–water partition coefficient (Wildman–Crippen LogP) is 3.49. The molecule has 96 valence electrons. The lowest BCUT2D eigenvalue weighted by Gasteiger charge is -2.38. The molecule has 1 aromatic rings. The summed E-state index contributed by atoms with van der Waals surface area (Å²) < 4.78 is 0. The number of nitriles is 1. The highest BCUT2D eigenvalue weighted by molar-refractivity contribution is 5.37. The Morgan fingerprint density at radius 2 is 2.17 bits per heavy atom. The van der Waals surface area contributed by atoms with Gasteiger partial charge in [-0.25, -0.2) is 0 Å². The van der Waals surface area contributed by atoms with Crippen LogP contribution in [0.15, 0.2) is 18.2 Å². The van der Waals surface area contributed by atoms with Crippen molar-refractivity contribution in [1.82, 2.24) is 4.90 Å². The molecule has 0 amide bonds. The summed E-state index contributed by atoms with van der Waals surface area (Å²) in [6.45, 7) is 10.2. The van der Waals surface area contributed by atoms with Gasteiger partial charge >= 0.3 is 0 Å². The number of likely N-dealkylation sites (tertiary alicyclic amines) is 1. The topological polar surface area (TPSA) is 27.0 Å². The molecule has 0 atom stereocenters. The van der Waals surface area contributed by atoms with Gasteiger partial charge in [0, 0.05) is 13.1 Å². The largest absolute Gasteiger partial charge is 0.299 e. The molecule has 0 aromatic heterocycles. The predicted molar refractivity (Wildman–Crippen MR) is 74.2 cm³/mol. The maximum Gasteiger partial charge on any atom is 0.0991 e. The fourth-order valence-electron chi connectivity index (χ4n) is 2.86. The van der Waals surface area contributed by atoms with Gasteiger partial charge in [0.25, 0.3) is 0 Å². The molecule has 0 spiro atoms. The molecule has 1 fully saturated rings. The van der Waals surface area contributed by atoms with E-state index in [0.29, 0.717) is 5.41 Å². The number of rotatable bonds is 2. The number of nitrogens with zero attached hydrogens (tertiary/aromatic N) is 2. The average Bonchev–Trinajstić information content (AvgIpc) is 2.30. The molecule has 2 nitrogen and oxygen atoms in total. The summed E-state index contributed by atoms with van der Waals surface area (Å²) in [6.07, 6.45) is 2.62. The lowest BCUT2D eigenvalue weighted by Crippen LogP contribution is -2.39. The molecule has 18 heavy (non-hydrogen) atoms. The second-order valence-corrected chi connectivity index (χ2v) is 6.23. The Morgan fingerprint density at radius 1 is 1.39 bits per heavy atom. The molecule has 0 N–H and O–H groups in total. The third-order valence-electron chi connectivity index (χ3n) is 3.85. The summed E-state index contributed by atoms with van der Waals surface area (Å²) in [5.41, 5.74) is 3.79. The first kappa shape index (κ1) is 13.1. The van der Waals surface area contributed by atoms with Crippen LogP contribution in [0.25, 0.3) is 0 Å². The highest BCUT2D eigenvalue weighted by Gasteiger charge is 2.26. The second kappa shape index (κ2) is 5.12. The van der Waals surface area contributed by atoms with Gasteiger partial charge in [0.15, 0.2) is 0 Å². The lowest BCUT2D eigenvalue weighted by atomic mass is 9.84. The average molecular weight is 242 g/mol. The Balaban J connectivity index is 2.08. The fourth-order valence-corrected chi connectivity index (χ4v) is 2.86. The molecule has 0 radical (unpaired) electrons. The molecule has 2 rings (SSSR count). The van der Waals surface area contributed by atoms with E-state index in [1.807, 2.05) is 12.1 Å². The molecule has 0 saturated carbocycles. The van der Waals surface area contributed by atoms with Gasteiger partial charge < -0.3 is 0 Å². The van der Waals surface area contributed by atoms with Gasteiger partial charge in [-0.1, -0.05) is 19.9 Å². The van der Waals surface area contributed by atoms with Crippen molar-refractivity contribution < 1.29 is 0 Å². The van der Waals surface area contributed by atoms with Crippen molar-refractivity contribution in [1.29, 1.82) is 5.26 Å². The van der Waals surface area contributed by atoms with Gasteiger partial charge in [-0.3, -0.25) is 4.90 Å². The summed E-state index contributed by atoms with van der Waals surface area (Å²) in [5, 5.41) is 8.88. The van der Waals surface area contributed by atoms with E-state index in [1.165, 1.54) is 37.1 Å². The van der Waals surface area contributed by atoms with Gasteiger partial charge in [0.2, 0.25) is 0 Å². The van der Waals surface area contributed by atoms with E-state index in [1.54, 1.807) is 0 Å². The highest BCUT2D eigenvalue weighted by Crippen LogP contribution is 2.29. The van der Waals surface area contributed by atoms with Crippen LogP contribution in [-0.4, -0.2) is 18.0 Å². The van der Waals surface area contributed by atoms with Crippen LogP contribution >= 0.6 is 0 Å². The molecular formula is C16H22N2. The van der Waals surface area contributed by atoms with E-state index in [2.05, 4.69) is 37.8 Å². The minimum Gasteiger partial charge on any atom is -0.299 e. The van der Waals surface area contributed by atoms with Gasteiger partial charge in [-0.05, 0) is 55.0 Å². The van der Waals surface area contributed by atoms with Crippen LogP contribution in [-0.2, 0) is 6.54 Å². The number of aryl methyl sites for hydroxylation is 1. The quantitative estimate of drug-likeness (QED) is 0.793. The van der Waals surface area contributed by atoms with E-state index >= 15 is 0 Å². The summed E-state index contributed by atoms with van der Waals surface area (Å²) in [4.78, 5) is 2.54. The van der Waals surface area contributed by atoms with Gasteiger partial charge in [0.1, 0.15) is 0 Å². The molecule has 0 aliphatic carbocycles. The third kappa shape index (κ3) is 3.11. The van der Waals surface area contributed by atoms with Crippen LogP contribution in [0.5, 0.6) is 0 Å². The third-order valence-corrected chi connectivity index (χ3v) is 3.85. The zero-order valence-electron chi connectivity index (χ0n) is 11.7. The molecule has 1 aliphatic heterocycles. The Hall–Kier alpha value is -1.33. The Bertz CT molecular complexity index is 468. The maximum atomic E-state index is 8.88. The van der Waals surface area contributed by atoms with E-state index in [-0.39, 0.29) is 0 Å². The Kier molecular flexibility index (Phi) is 3.73. The smallest absolute Gasteiger partial charge is 0.0991 e. The monoisotopic (exact) mass is 242 g/mol.